The highest BCUT2D eigenvalue weighted by molar-refractivity contribution is 6.31. The number of nitrogens with zero attached hydrogens (tertiary/aromatic N) is 4. The van der Waals surface area contributed by atoms with Crippen molar-refractivity contribution in [3.8, 4) is 0 Å². The van der Waals surface area contributed by atoms with E-state index in [0.717, 1.165) is 42.1 Å². The number of hydrogen-bond donors (Lipinski definition) is 0. The quantitative estimate of drug-likeness (QED) is 0.594. The monoisotopic (exact) mass is 440 g/mol. The van der Waals surface area contributed by atoms with Crippen LogP contribution in [0.5, 0.6) is 0 Å². The molecular formula is C24H26ClFN4O. The zero-order valence-electron chi connectivity index (χ0n) is 17.8. The van der Waals surface area contributed by atoms with Crippen LogP contribution < -0.4 is 0 Å². The molecule has 0 spiro atoms. The lowest BCUT2D eigenvalue weighted by molar-refractivity contribution is 0.0628. The lowest BCUT2D eigenvalue weighted by Gasteiger charge is -2.34. The van der Waals surface area contributed by atoms with E-state index in [9.17, 15) is 9.18 Å². The van der Waals surface area contributed by atoms with E-state index in [-0.39, 0.29) is 11.7 Å². The molecule has 3 aromatic rings. The molecule has 2 aromatic carbocycles. The Balaban J connectivity index is 1.32. The van der Waals surface area contributed by atoms with Crippen molar-refractivity contribution in [2.45, 2.75) is 26.9 Å². The number of piperazine rings is 1. The Bertz CT molecular complexity index is 1050. The molecule has 1 aromatic heterocycles. The number of rotatable bonds is 5. The first kappa shape index (κ1) is 21.5. The molecule has 7 heteroatoms. The molecule has 0 aliphatic carbocycles. The third kappa shape index (κ3) is 4.97. The van der Waals surface area contributed by atoms with Gasteiger partial charge in [-0.05, 0) is 49.2 Å². The van der Waals surface area contributed by atoms with E-state index in [2.05, 4.69) is 10.00 Å². The number of benzene rings is 2. The van der Waals surface area contributed by atoms with Crippen molar-refractivity contribution in [2.75, 3.05) is 26.2 Å². The van der Waals surface area contributed by atoms with Gasteiger partial charge in [-0.15, -0.1) is 0 Å². The molecule has 4 rings (SSSR count). The van der Waals surface area contributed by atoms with Crippen molar-refractivity contribution >= 4 is 17.5 Å². The topological polar surface area (TPSA) is 41.4 Å². The number of hydrogen-bond acceptors (Lipinski definition) is 3. The van der Waals surface area contributed by atoms with Crippen molar-refractivity contribution in [3.05, 3.63) is 87.4 Å². The van der Waals surface area contributed by atoms with Gasteiger partial charge in [-0.1, -0.05) is 35.9 Å². The average molecular weight is 441 g/mol. The van der Waals surface area contributed by atoms with Gasteiger partial charge in [-0.3, -0.25) is 14.4 Å². The van der Waals surface area contributed by atoms with Gasteiger partial charge in [0, 0.05) is 38.3 Å². The van der Waals surface area contributed by atoms with Crippen LogP contribution in [-0.4, -0.2) is 51.7 Å². The van der Waals surface area contributed by atoms with E-state index in [4.69, 9.17) is 11.6 Å². The fourth-order valence-electron chi connectivity index (χ4n) is 3.89. The molecule has 0 saturated carbocycles. The molecule has 0 N–H and O–H groups in total. The summed E-state index contributed by atoms with van der Waals surface area (Å²) >= 11 is 6.23. The third-order valence-corrected chi connectivity index (χ3v) is 6.35. The van der Waals surface area contributed by atoms with Crippen LogP contribution in [0.15, 0.2) is 48.5 Å². The molecule has 1 saturated heterocycles. The fourth-order valence-corrected chi connectivity index (χ4v) is 4.03. The molecule has 0 atom stereocenters. The van der Waals surface area contributed by atoms with Crippen LogP contribution in [0.25, 0.3) is 0 Å². The molecule has 1 amide bonds. The predicted molar refractivity (Wildman–Crippen MR) is 120 cm³/mol. The number of carbonyl (C=O) groups is 1. The second-order valence-corrected chi connectivity index (χ2v) is 8.41. The second kappa shape index (κ2) is 9.20. The molecule has 0 radical (unpaired) electrons. The van der Waals surface area contributed by atoms with Crippen LogP contribution in [0.1, 0.15) is 32.9 Å². The predicted octanol–water partition coefficient (Wildman–Crippen LogP) is 4.30. The lowest BCUT2D eigenvalue weighted by Crippen LogP contribution is -2.48. The van der Waals surface area contributed by atoms with Gasteiger partial charge < -0.3 is 4.90 Å². The molecule has 0 unspecified atom stereocenters. The summed E-state index contributed by atoms with van der Waals surface area (Å²) < 4.78 is 15.0. The summed E-state index contributed by atoms with van der Waals surface area (Å²) in [6.07, 6.45) is 0. The number of amides is 1. The molecule has 0 bridgehead atoms. The van der Waals surface area contributed by atoms with Crippen LogP contribution in [0.4, 0.5) is 4.39 Å². The van der Waals surface area contributed by atoms with Crippen LogP contribution >= 0.6 is 11.6 Å². The van der Waals surface area contributed by atoms with E-state index in [0.29, 0.717) is 30.2 Å². The van der Waals surface area contributed by atoms with Crippen molar-refractivity contribution in [3.63, 3.8) is 0 Å². The van der Waals surface area contributed by atoms with Gasteiger partial charge in [0.15, 0.2) is 0 Å². The van der Waals surface area contributed by atoms with Crippen molar-refractivity contribution < 1.29 is 9.18 Å². The summed E-state index contributed by atoms with van der Waals surface area (Å²) in [4.78, 5) is 17.1. The fraction of sp³-hybridized carbons (Fsp3) is 0.333. The Morgan fingerprint density at radius 1 is 0.935 bits per heavy atom. The SMILES string of the molecule is Cc1nn(Cc2ccc(C(=O)N3CCN(Cc4ccc(F)cc4)CC3)cc2)c(C)c1Cl. The largest absolute Gasteiger partial charge is 0.336 e. The number of halogens is 2. The van der Waals surface area contributed by atoms with Crippen LogP contribution in [0.2, 0.25) is 5.02 Å². The van der Waals surface area contributed by atoms with Crippen LogP contribution in [-0.2, 0) is 13.1 Å². The summed E-state index contributed by atoms with van der Waals surface area (Å²) in [5.41, 5.74) is 4.62. The Morgan fingerprint density at radius 3 is 2.10 bits per heavy atom. The normalized spacial score (nSPS) is 14.8. The first-order chi connectivity index (χ1) is 14.9. The van der Waals surface area contributed by atoms with Crippen molar-refractivity contribution in [2.24, 2.45) is 0 Å². The molecule has 2 heterocycles. The Morgan fingerprint density at radius 2 is 1.52 bits per heavy atom. The van der Waals surface area contributed by atoms with E-state index < -0.39 is 0 Å². The average Bonchev–Trinajstić information content (AvgIpc) is 3.02. The molecule has 1 aliphatic rings. The third-order valence-electron chi connectivity index (χ3n) is 5.81. The zero-order chi connectivity index (χ0) is 22.0. The first-order valence-electron chi connectivity index (χ1n) is 10.5. The Kier molecular flexibility index (Phi) is 6.39. The maximum atomic E-state index is 13.1. The Labute approximate surface area is 187 Å². The maximum absolute atomic E-state index is 13.1. The zero-order valence-corrected chi connectivity index (χ0v) is 18.6. The summed E-state index contributed by atoms with van der Waals surface area (Å²) in [5, 5.41) is 5.16. The number of aryl methyl sites for hydroxylation is 1. The minimum absolute atomic E-state index is 0.0575. The maximum Gasteiger partial charge on any atom is 0.253 e. The summed E-state index contributed by atoms with van der Waals surface area (Å²) in [6.45, 7) is 8.23. The van der Waals surface area contributed by atoms with Gasteiger partial charge in [0.25, 0.3) is 5.91 Å². The van der Waals surface area contributed by atoms with Crippen molar-refractivity contribution in [1.82, 2.24) is 19.6 Å². The summed E-state index contributed by atoms with van der Waals surface area (Å²) in [5.74, 6) is -0.161. The Hall–Kier alpha value is -2.70. The van der Waals surface area contributed by atoms with Gasteiger partial charge in [0.2, 0.25) is 0 Å². The highest BCUT2D eigenvalue weighted by atomic mass is 35.5. The van der Waals surface area contributed by atoms with Gasteiger partial charge in [0.05, 0.1) is 23.0 Å². The first-order valence-corrected chi connectivity index (χ1v) is 10.8. The van der Waals surface area contributed by atoms with Crippen LogP contribution in [0, 0.1) is 19.7 Å². The molecule has 1 aliphatic heterocycles. The molecule has 31 heavy (non-hydrogen) atoms. The smallest absolute Gasteiger partial charge is 0.253 e. The lowest BCUT2D eigenvalue weighted by atomic mass is 10.1. The molecule has 1 fully saturated rings. The van der Waals surface area contributed by atoms with E-state index in [1.807, 2.05) is 59.8 Å². The molecular weight excluding hydrogens is 415 g/mol. The minimum Gasteiger partial charge on any atom is -0.336 e. The number of carbonyl (C=O) groups excluding carboxylic acids is 1. The van der Waals surface area contributed by atoms with Gasteiger partial charge in [-0.2, -0.15) is 5.10 Å². The van der Waals surface area contributed by atoms with Gasteiger partial charge in [0.1, 0.15) is 5.82 Å². The van der Waals surface area contributed by atoms with Crippen LogP contribution in [0.3, 0.4) is 0 Å². The second-order valence-electron chi connectivity index (χ2n) is 8.03. The highest BCUT2D eigenvalue weighted by Gasteiger charge is 2.22. The van der Waals surface area contributed by atoms with E-state index >= 15 is 0 Å². The minimum atomic E-state index is -0.219. The van der Waals surface area contributed by atoms with E-state index in [1.54, 1.807) is 0 Å². The molecule has 162 valence electrons. The standard InChI is InChI=1S/C24H26ClFN4O/c1-17-23(25)18(2)30(27-17)16-20-3-7-21(8-4-20)24(31)29-13-11-28(12-14-29)15-19-5-9-22(26)10-6-19/h3-10H,11-16H2,1-2H3. The summed E-state index contributed by atoms with van der Waals surface area (Å²) in [7, 11) is 0. The van der Waals surface area contributed by atoms with E-state index in [1.165, 1.54) is 12.1 Å². The van der Waals surface area contributed by atoms with Gasteiger partial charge in [-0.25, -0.2) is 4.39 Å². The molecule has 5 nitrogen and oxygen atoms in total. The van der Waals surface area contributed by atoms with Gasteiger partial charge >= 0.3 is 0 Å². The summed E-state index contributed by atoms with van der Waals surface area (Å²) in [6, 6.07) is 14.3. The van der Waals surface area contributed by atoms with Crippen molar-refractivity contribution in [1.29, 1.82) is 0 Å². The number of aromatic nitrogens is 2. The highest BCUT2D eigenvalue weighted by Crippen LogP contribution is 2.20.